The number of aromatic hydroxyl groups is 1. The van der Waals surface area contributed by atoms with Gasteiger partial charge in [-0.2, -0.15) is 0 Å². The maximum Gasteiger partial charge on any atom is 0.311 e. The Kier molecular flexibility index (Phi) is 6.25. The lowest BCUT2D eigenvalue weighted by Gasteiger charge is -2.14. The van der Waals surface area contributed by atoms with Gasteiger partial charge in [-0.15, -0.1) is 0 Å². The van der Waals surface area contributed by atoms with Gasteiger partial charge in [-0.3, -0.25) is 9.59 Å². The Labute approximate surface area is 150 Å². The van der Waals surface area contributed by atoms with Crippen LogP contribution in [-0.2, 0) is 20.7 Å². The molecule has 0 fully saturated rings. The molecule has 132 valence electrons. The van der Waals surface area contributed by atoms with Crippen molar-refractivity contribution in [3.63, 3.8) is 0 Å². The number of carbonyl (C=O) groups is 2. The van der Waals surface area contributed by atoms with Crippen LogP contribution in [0.1, 0.15) is 12.5 Å². The van der Waals surface area contributed by atoms with Crippen LogP contribution >= 0.6 is 11.6 Å². The van der Waals surface area contributed by atoms with Crippen molar-refractivity contribution in [3.05, 3.63) is 53.1 Å². The van der Waals surface area contributed by atoms with E-state index in [0.717, 1.165) is 0 Å². The van der Waals surface area contributed by atoms with Gasteiger partial charge >= 0.3 is 5.97 Å². The Morgan fingerprint density at radius 1 is 1.20 bits per heavy atom. The highest BCUT2D eigenvalue weighted by atomic mass is 35.5. The van der Waals surface area contributed by atoms with E-state index in [2.05, 4.69) is 5.32 Å². The molecule has 1 atom stereocenters. The van der Waals surface area contributed by atoms with E-state index < -0.39 is 18.0 Å². The van der Waals surface area contributed by atoms with Crippen molar-refractivity contribution >= 4 is 29.2 Å². The Balaban J connectivity index is 1.90. The first-order chi connectivity index (χ1) is 11.9. The minimum atomic E-state index is -0.967. The molecule has 2 aromatic carbocycles. The number of hydrogen-bond acceptors (Lipinski definition) is 5. The topological polar surface area (TPSA) is 84.9 Å². The van der Waals surface area contributed by atoms with Crippen LogP contribution in [0.3, 0.4) is 0 Å². The molecule has 0 bridgehead atoms. The standard InChI is InChI=1S/C18H18ClNO5/c1-11(25-17(22)9-12-3-6-14(21)7-4-12)18(23)20-13-5-8-16(24-2)15(19)10-13/h3-8,10-11,21H,9H2,1-2H3,(H,20,23)/t11-/m1/s1. The van der Waals surface area contributed by atoms with E-state index in [1.54, 1.807) is 30.3 Å². The third-order valence-corrected chi connectivity index (χ3v) is 3.68. The van der Waals surface area contributed by atoms with Crippen LogP contribution in [0.15, 0.2) is 42.5 Å². The van der Waals surface area contributed by atoms with Crippen molar-refractivity contribution in [1.82, 2.24) is 0 Å². The van der Waals surface area contributed by atoms with E-state index >= 15 is 0 Å². The van der Waals surface area contributed by atoms with E-state index in [-0.39, 0.29) is 12.2 Å². The fraction of sp³-hybridized carbons (Fsp3) is 0.222. The summed E-state index contributed by atoms with van der Waals surface area (Å²) < 4.78 is 10.2. The van der Waals surface area contributed by atoms with Crippen LogP contribution in [-0.4, -0.2) is 30.2 Å². The highest BCUT2D eigenvalue weighted by Gasteiger charge is 2.18. The number of hydrogen-bond donors (Lipinski definition) is 2. The lowest BCUT2D eigenvalue weighted by Crippen LogP contribution is -2.30. The zero-order valence-electron chi connectivity index (χ0n) is 13.8. The average Bonchev–Trinajstić information content (AvgIpc) is 2.57. The minimum absolute atomic E-state index is 0.00621. The molecule has 2 aromatic rings. The number of phenolic OH excluding ortho intramolecular Hbond substituents is 1. The average molecular weight is 364 g/mol. The molecule has 0 aliphatic heterocycles. The number of esters is 1. The molecule has 0 aromatic heterocycles. The van der Waals surface area contributed by atoms with E-state index in [1.807, 2.05) is 0 Å². The number of anilines is 1. The third kappa shape index (κ3) is 5.39. The predicted octanol–water partition coefficient (Wildman–Crippen LogP) is 3.17. The Morgan fingerprint density at radius 2 is 1.88 bits per heavy atom. The summed E-state index contributed by atoms with van der Waals surface area (Å²) in [4.78, 5) is 24.0. The van der Waals surface area contributed by atoms with Gasteiger partial charge in [-0.25, -0.2) is 0 Å². The summed E-state index contributed by atoms with van der Waals surface area (Å²) in [6.45, 7) is 1.48. The van der Waals surface area contributed by atoms with Crippen LogP contribution in [0.5, 0.6) is 11.5 Å². The van der Waals surface area contributed by atoms with Crippen LogP contribution in [0.4, 0.5) is 5.69 Å². The number of carbonyl (C=O) groups excluding carboxylic acids is 2. The molecule has 2 rings (SSSR count). The quantitative estimate of drug-likeness (QED) is 0.770. The fourth-order valence-electron chi connectivity index (χ4n) is 2.06. The molecule has 0 spiro atoms. The molecule has 1 amide bonds. The number of nitrogens with one attached hydrogen (secondary N) is 1. The monoisotopic (exact) mass is 363 g/mol. The molecule has 0 aliphatic carbocycles. The van der Waals surface area contributed by atoms with Gasteiger partial charge in [-0.1, -0.05) is 23.7 Å². The largest absolute Gasteiger partial charge is 0.508 e. The van der Waals surface area contributed by atoms with Crippen LogP contribution < -0.4 is 10.1 Å². The number of benzene rings is 2. The molecule has 2 N–H and O–H groups in total. The molecule has 0 unspecified atom stereocenters. The summed E-state index contributed by atoms with van der Waals surface area (Å²) in [5.41, 5.74) is 1.15. The normalized spacial score (nSPS) is 11.5. The van der Waals surface area contributed by atoms with Crippen molar-refractivity contribution in [2.24, 2.45) is 0 Å². The van der Waals surface area contributed by atoms with E-state index in [0.29, 0.717) is 22.0 Å². The van der Waals surface area contributed by atoms with Gasteiger partial charge in [0.2, 0.25) is 0 Å². The van der Waals surface area contributed by atoms with Crippen molar-refractivity contribution in [3.8, 4) is 11.5 Å². The first kappa shape index (κ1) is 18.6. The van der Waals surface area contributed by atoms with Gasteiger partial charge in [0.25, 0.3) is 5.91 Å². The third-order valence-electron chi connectivity index (χ3n) is 3.38. The Bertz CT molecular complexity index is 761. The van der Waals surface area contributed by atoms with Crippen LogP contribution in [0.2, 0.25) is 5.02 Å². The molecule has 6 nitrogen and oxygen atoms in total. The zero-order chi connectivity index (χ0) is 18.4. The van der Waals surface area contributed by atoms with E-state index in [4.69, 9.17) is 21.1 Å². The number of rotatable bonds is 6. The van der Waals surface area contributed by atoms with Crippen LogP contribution in [0.25, 0.3) is 0 Å². The summed E-state index contributed by atoms with van der Waals surface area (Å²) in [6, 6.07) is 11.0. The van der Waals surface area contributed by atoms with Gasteiger partial charge in [0.05, 0.1) is 18.6 Å². The van der Waals surface area contributed by atoms with E-state index in [1.165, 1.54) is 26.2 Å². The molecule has 0 radical (unpaired) electrons. The summed E-state index contributed by atoms with van der Waals surface area (Å²) >= 11 is 6.00. The second kappa shape index (κ2) is 8.39. The fourth-order valence-corrected chi connectivity index (χ4v) is 2.32. The van der Waals surface area contributed by atoms with Crippen molar-refractivity contribution < 1.29 is 24.2 Å². The highest BCUT2D eigenvalue weighted by Crippen LogP contribution is 2.27. The molecule has 0 saturated carbocycles. The number of ether oxygens (including phenoxy) is 2. The summed E-state index contributed by atoms with van der Waals surface area (Å²) in [5, 5.41) is 12.2. The molecule has 0 aliphatic rings. The first-order valence-corrected chi connectivity index (χ1v) is 7.88. The first-order valence-electron chi connectivity index (χ1n) is 7.51. The van der Waals surface area contributed by atoms with Crippen molar-refractivity contribution in [2.45, 2.75) is 19.4 Å². The predicted molar refractivity (Wildman–Crippen MR) is 94.0 cm³/mol. The van der Waals surface area contributed by atoms with E-state index in [9.17, 15) is 14.7 Å². The summed E-state index contributed by atoms with van der Waals surface area (Å²) in [6.07, 6.45) is -0.961. The molecular weight excluding hydrogens is 346 g/mol. The van der Waals surface area contributed by atoms with Crippen molar-refractivity contribution in [2.75, 3.05) is 12.4 Å². The number of amides is 1. The zero-order valence-corrected chi connectivity index (χ0v) is 14.5. The number of methoxy groups -OCH3 is 1. The van der Waals surface area contributed by atoms with Crippen molar-refractivity contribution in [1.29, 1.82) is 0 Å². The van der Waals surface area contributed by atoms with Gasteiger partial charge in [0.1, 0.15) is 11.5 Å². The highest BCUT2D eigenvalue weighted by molar-refractivity contribution is 6.32. The molecule has 0 heterocycles. The molecule has 7 heteroatoms. The van der Waals surface area contributed by atoms with Gasteiger partial charge in [-0.05, 0) is 42.8 Å². The molecular formula is C18H18ClNO5. The maximum absolute atomic E-state index is 12.1. The minimum Gasteiger partial charge on any atom is -0.508 e. The number of phenols is 1. The molecule has 0 saturated heterocycles. The lowest BCUT2D eigenvalue weighted by molar-refractivity contribution is -0.152. The second-order valence-corrected chi connectivity index (χ2v) is 5.72. The Morgan fingerprint density at radius 3 is 2.48 bits per heavy atom. The lowest BCUT2D eigenvalue weighted by atomic mass is 10.1. The summed E-state index contributed by atoms with van der Waals surface area (Å²) in [5.74, 6) is -0.405. The SMILES string of the molecule is COc1ccc(NC(=O)[C@@H](C)OC(=O)Cc2ccc(O)cc2)cc1Cl. The smallest absolute Gasteiger partial charge is 0.311 e. The Hall–Kier alpha value is -2.73. The van der Waals surface area contributed by atoms with Crippen LogP contribution in [0, 0.1) is 0 Å². The second-order valence-electron chi connectivity index (χ2n) is 5.31. The van der Waals surface area contributed by atoms with Gasteiger partial charge in [0.15, 0.2) is 6.10 Å². The number of halogens is 1. The van der Waals surface area contributed by atoms with Gasteiger partial charge in [0, 0.05) is 5.69 Å². The summed E-state index contributed by atoms with van der Waals surface area (Å²) in [7, 11) is 1.50. The maximum atomic E-state index is 12.1. The molecule has 25 heavy (non-hydrogen) atoms. The van der Waals surface area contributed by atoms with Gasteiger partial charge < -0.3 is 19.9 Å².